The van der Waals surface area contributed by atoms with E-state index in [1.165, 1.54) is 13.0 Å². The summed E-state index contributed by atoms with van der Waals surface area (Å²) in [6.45, 7) is 9.01. The number of rotatable bonds is 2. The minimum Gasteiger partial charge on any atom is -0.290 e. The Morgan fingerprint density at radius 3 is 3.12 bits per heavy atom. The van der Waals surface area contributed by atoms with Gasteiger partial charge in [-0.2, -0.15) is 0 Å². The molecule has 2 radical (unpaired) electrons. The first-order chi connectivity index (χ1) is 3.93. The van der Waals surface area contributed by atoms with E-state index in [4.69, 9.17) is 0 Å². The molecule has 0 bridgehead atoms. The summed E-state index contributed by atoms with van der Waals surface area (Å²) in [5, 5.41) is 0. The Morgan fingerprint density at radius 1 is 1.75 bits per heavy atom. The van der Waals surface area contributed by atoms with E-state index in [-0.39, 0.29) is 0 Å². The lowest BCUT2D eigenvalue weighted by Crippen LogP contribution is -2.14. The fraction of sp³-hybridized carbons (Fsp3) is 0.571. The molecule has 8 heavy (non-hydrogen) atoms. The Morgan fingerprint density at radius 2 is 2.62 bits per heavy atom. The molecule has 0 unspecified atom stereocenters. The summed E-state index contributed by atoms with van der Waals surface area (Å²) in [4.78, 5) is 2.17. The van der Waals surface area contributed by atoms with Gasteiger partial charge < -0.3 is 0 Å². The van der Waals surface area contributed by atoms with Crippen LogP contribution in [0.15, 0.2) is 12.7 Å². The Labute approximate surface area is 51.0 Å². The summed E-state index contributed by atoms with van der Waals surface area (Å²) in [5.41, 5.74) is 0. The van der Waals surface area contributed by atoms with Crippen LogP contribution in [0, 0.1) is 6.54 Å². The summed E-state index contributed by atoms with van der Waals surface area (Å²) in [7, 11) is 0. The first-order valence-electron chi connectivity index (χ1n) is 3.03. The SMILES string of the molecule is C=CCN1[C]CCC1. The zero-order valence-corrected chi connectivity index (χ0v) is 5.06. The minimum absolute atomic E-state index is 0.972. The van der Waals surface area contributed by atoms with Crippen LogP contribution in [0.5, 0.6) is 0 Å². The quantitative estimate of drug-likeness (QED) is 0.483. The van der Waals surface area contributed by atoms with Crippen LogP contribution in [0.25, 0.3) is 0 Å². The second kappa shape index (κ2) is 2.88. The Kier molecular flexibility index (Phi) is 2.10. The molecule has 0 aliphatic carbocycles. The van der Waals surface area contributed by atoms with E-state index >= 15 is 0 Å². The molecule has 1 heterocycles. The number of hydrogen-bond donors (Lipinski definition) is 0. The van der Waals surface area contributed by atoms with Crippen molar-refractivity contribution in [1.82, 2.24) is 4.90 Å². The van der Waals surface area contributed by atoms with Crippen LogP contribution in [0.4, 0.5) is 0 Å². The highest BCUT2D eigenvalue weighted by atomic mass is 15.1. The number of hydrogen-bond acceptors (Lipinski definition) is 1. The zero-order chi connectivity index (χ0) is 5.82. The van der Waals surface area contributed by atoms with E-state index in [2.05, 4.69) is 18.0 Å². The van der Waals surface area contributed by atoms with Crippen LogP contribution in [0.2, 0.25) is 0 Å². The van der Waals surface area contributed by atoms with Gasteiger partial charge in [0.25, 0.3) is 0 Å². The molecule has 0 aromatic carbocycles. The van der Waals surface area contributed by atoms with Crippen molar-refractivity contribution < 1.29 is 0 Å². The zero-order valence-electron chi connectivity index (χ0n) is 5.06. The number of likely N-dealkylation sites (tertiary alicyclic amines) is 1. The van der Waals surface area contributed by atoms with Crippen LogP contribution in [-0.2, 0) is 0 Å². The van der Waals surface area contributed by atoms with Crippen LogP contribution in [0.1, 0.15) is 12.8 Å². The van der Waals surface area contributed by atoms with Gasteiger partial charge in [0.15, 0.2) is 0 Å². The Hall–Kier alpha value is -0.300. The van der Waals surface area contributed by atoms with Crippen molar-refractivity contribution in [2.24, 2.45) is 0 Å². The fourth-order valence-electron chi connectivity index (χ4n) is 0.898. The third kappa shape index (κ3) is 1.34. The average molecular weight is 109 g/mol. The van der Waals surface area contributed by atoms with Crippen LogP contribution in [0.3, 0.4) is 0 Å². The van der Waals surface area contributed by atoms with Crippen molar-refractivity contribution >= 4 is 0 Å². The van der Waals surface area contributed by atoms with Gasteiger partial charge in [-0.1, -0.05) is 6.08 Å². The van der Waals surface area contributed by atoms with E-state index < -0.39 is 0 Å². The molecule has 0 spiro atoms. The molecule has 0 N–H and O–H groups in total. The van der Waals surface area contributed by atoms with Gasteiger partial charge in [-0.3, -0.25) is 4.90 Å². The molecular formula is C7H11N. The lowest BCUT2D eigenvalue weighted by Gasteiger charge is -2.07. The highest BCUT2D eigenvalue weighted by molar-refractivity contribution is 4.82. The molecule has 1 saturated heterocycles. The van der Waals surface area contributed by atoms with Crippen LogP contribution in [-0.4, -0.2) is 18.0 Å². The summed E-state index contributed by atoms with van der Waals surface area (Å²) < 4.78 is 0. The highest BCUT2D eigenvalue weighted by Crippen LogP contribution is 2.10. The third-order valence-electron chi connectivity index (χ3n) is 1.29. The van der Waals surface area contributed by atoms with Gasteiger partial charge in [-0.15, -0.1) is 6.58 Å². The smallest absolute Gasteiger partial charge is 0.0618 e. The van der Waals surface area contributed by atoms with Gasteiger partial charge in [-0.25, -0.2) is 0 Å². The molecular weight excluding hydrogens is 98.1 g/mol. The molecule has 1 rings (SSSR count). The first kappa shape index (κ1) is 5.83. The molecule has 0 aromatic rings. The van der Waals surface area contributed by atoms with E-state index in [9.17, 15) is 0 Å². The van der Waals surface area contributed by atoms with Crippen molar-refractivity contribution in [2.45, 2.75) is 12.8 Å². The maximum absolute atomic E-state index is 3.64. The van der Waals surface area contributed by atoms with Gasteiger partial charge in [0, 0.05) is 6.54 Å². The van der Waals surface area contributed by atoms with Crippen molar-refractivity contribution in [2.75, 3.05) is 13.1 Å². The van der Waals surface area contributed by atoms with Gasteiger partial charge in [0.1, 0.15) is 0 Å². The largest absolute Gasteiger partial charge is 0.290 e. The fourth-order valence-corrected chi connectivity index (χ4v) is 0.898. The first-order valence-corrected chi connectivity index (χ1v) is 3.03. The molecule has 1 aliphatic rings. The van der Waals surface area contributed by atoms with Gasteiger partial charge >= 0.3 is 0 Å². The Bertz CT molecular complexity index is 72.5. The molecule has 0 amide bonds. The number of nitrogens with zero attached hydrogens (tertiary/aromatic N) is 1. The second-order valence-corrected chi connectivity index (χ2v) is 2.00. The summed E-state index contributed by atoms with van der Waals surface area (Å²) >= 11 is 0. The summed E-state index contributed by atoms with van der Waals surface area (Å²) in [5.74, 6) is 0. The standard InChI is InChI=1S/C7H11N/c1-2-5-8-6-3-4-7-8/h2H,1,3-6H2. The third-order valence-corrected chi connectivity index (χ3v) is 1.29. The lowest BCUT2D eigenvalue weighted by atomic mass is 10.4. The van der Waals surface area contributed by atoms with E-state index in [1.807, 2.05) is 6.08 Å². The maximum atomic E-state index is 3.64. The average Bonchev–Trinajstić information content (AvgIpc) is 2.19. The molecule has 0 atom stereocenters. The van der Waals surface area contributed by atoms with Crippen LogP contribution >= 0.6 is 0 Å². The summed E-state index contributed by atoms with van der Waals surface area (Å²) in [6.07, 6.45) is 4.32. The highest BCUT2D eigenvalue weighted by Gasteiger charge is 2.09. The van der Waals surface area contributed by atoms with Gasteiger partial charge in [-0.05, 0) is 19.4 Å². The molecule has 44 valence electrons. The lowest BCUT2D eigenvalue weighted by molar-refractivity contribution is 0.429. The Balaban J connectivity index is 2.14. The van der Waals surface area contributed by atoms with Gasteiger partial charge in [0.05, 0.1) is 6.54 Å². The minimum atomic E-state index is 0.972. The van der Waals surface area contributed by atoms with Gasteiger partial charge in [0.2, 0.25) is 0 Å². The molecule has 0 saturated carbocycles. The topological polar surface area (TPSA) is 3.24 Å². The summed E-state index contributed by atoms with van der Waals surface area (Å²) in [6, 6.07) is 0. The molecule has 1 nitrogen and oxygen atoms in total. The second-order valence-electron chi connectivity index (χ2n) is 2.00. The maximum Gasteiger partial charge on any atom is 0.0618 e. The van der Waals surface area contributed by atoms with Crippen molar-refractivity contribution in [1.29, 1.82) is 0 Å². The van der Waals surface area contributed by atoms with E-state index in [0.717, 1.165) is 13.0 Å². The van der Waals surface area contributed by atoms with E-state index in [0.29, 0.717) is 0 Å². The normalized spacial score (nSPS) is 21.5. The molecule has 1 fully saturated rings. The predicted molar refractivity (Wildman–Crippen MR) is 34.2 cm³/mol. The van der Waals surface area contributed by atoms with Crippen LogP contribution < -0.4 is 0 Å². The van der Waals surface area contributed by atoms with Crippen molar-refractivity contribution in [3.63, 3.8) is 0 Å². The molecule has 1 heteroatoms. The predicted octanol–water partition coefficient (Wildman–Crippen LogP) is 1.31. The van der Waals surface area contributed by atoms with E-state index in [1.54, 1.807) is 0 Å². The monoisotopic (exact) mass is 109 g/mol. The van der Waals surface area contributed by atoms with Crippen molar-refractivity contribution in [3.05, 3.63) is 19.2 Å². The molecule has 0 aromatic heterocycles. The molecule has 1 aliphatic heterocycles. The van der Waals surface area contributed by atoms with Crippen molar-refractivity contribution in [3.8, 4) is 0 Å².